The fourth-order valence-corrected chi connectivity index (χ4v) is 0.384. The summed E-state index contributed by atoms with van der Waals surface area (Å²) in [7, 11) is 0. The Morgan fingerprint density at radius 2 is 1.89 bits per heavy atom. The topological polar surface area (TPSA) is 20.2 Å². The molecule has 0 spiro atoms. The zero-order chi connectivity index (χ0) is 5.11. The standard InChI is InChI=1S/C6H5O.2Y/c7-6-4-2-1-3-5-6;;/h1-4,7H;;/q-1;;. The van der Waals surface area contributed by atoms with Gasteiger partial charge in [0.2, 0.25) is 0 Å². The second-order valence-electron chi connectivity index (χ2n) is 1.25. The van der Waals surface area contributed by atoms with E-state index in [1.54, 1.807) is 24.3 Å². The number of hydrogen-bond acceptors (Lipinski definition) is 1. The molecule has 0 aliphatic rings. The molecule has 9 heavy (non-hydrogen) atoms. The largest absolute Gasteiger partial charge is 0.534 e. The van der Waals surface area contributed by atoms with Gasteiger partial charge < -0.3 is 5.11 Å². The maximum absolute atomic E-state index is 8.58. The molecule has 0 unspecified atom stereocenters. The maximum atomic E-state index is 8.58. The second-order valence-corrected chi connectivity index (χ2v) is 1.25. The van der Waals surface area contributed by atoms with E-state index in [-0.39, 0.29) is 71.2 Å². The predicted octanol–water partition coefficient (Wildman–Crippen LogP) is 1.19. The number of aromatic hydroxyl groups is 1. The van der Waals surface area contributed by atoms with Crippen LogP contribution in [0.1, 0.15) is 0 Å². The molecule has 1 N–H and O–H groups in total. The van der Waals surface area contributed by atoms with Crippen LogP contribution < -0.4 is 0 Å². The molecule has 1 aromatic carbocycles. The minimum absolute atomic E-state index is 0. The Labute approximate surface area is 105 Å². The number of phenols is 1. The smallest absolute Gasteiger partial charge is 0.00397 e. The number of hydrogen-bond donors (Lipinski definition) is 1. The van der Waals surface area contributed by atoms with E-state index in [9.17, 15) is 0 Å². The van der Waals surface area contributed by atoms with E-state index in [4.69, 9.17) is 5.11 Å². The van der Waals surface area contributed by atoms with Crippen molar-refractivity contribution in [1.29, 1.82) is 0 Å². The van der Waals surface area contributed by atoms with E-state index in [1.807, 2.05) is 0 Å². The normalized spacial score (nSPS) is 6.67. The fraction of sp³-hybridized carbons (Fsp3) is 0. The van der Waals surface area contributed by atoms with Gasteiger partial charge in [-0.15, -0.1) is 12.1 Å². The Kier molecular flexibility index (Phi) is 10.5. The molecule has 42 valence electrons. The third-order valence-corrected chi connectivity index (χ3v) is 0.693. The summed E-state index contributed by atoms with van der Waals surface area (Å²) in [5, 5.41) is 8.58. The number of benzene rings is 1. The van der Waals surface area contributed by atoms with Crippen molar-refractivity contribution < 1.29 is 70.5 Å². The van der Waals surface area contributed by atoms with E-state index in [1.165, 1.54) is 0 Å². The van der Waals surface area contributed by atoms with Crippen LogP contribution in [0.3, 0.4) is 0 Å². The van der Waals surface area contributed by atoms with Crippen LogP contribution in [0, 0.1) is 6.07 Å². The molecule has 0 heterocycles. The zero-order valence-corrected chi connectivity index (χ0v) is 10.6. The minimum atomic E-state index is 0. The van der Waals surface area contributed by atoms with E-state index in [0.29, 0.717) is 0 Å². The van der Waals surface area contributed by atoms with Crippen molar-refractivity contribution in [2.75, 3.05) is 0 Å². The van der Waals surface area contributed by atoms with Crippen molar-refractivity contribution in [1.82, 2.24) is 0 Å². The van der Waals surface area contributed by atoms with Gasteiger partial charge in [0.05, 0.1) is 0 Å². The summed E-state index contributed by atoms with van der Waals surface area (Å²) in [6.07, 6.45) is 0. The monoisotopic (exact) mass is 271 g/mol. The zero-order valence-electron chi connectivity index (χ0n) is 4.91. The summed E-state index contributed by atoms with van der Waals surface area (Å²) < 4.78 is 0. The first-order valence-electron chi connectivity index (χ1n) is 2.05. The van der Waals surface area contributed by atoms with Crippen LogP contribution in [-0.4, -0.2) is 5.11 Å². The predicted molar refractivity (Wildman–Crippen MR) is 26.9 cm³/mol. The van der Waals surface area contributed by atoms with Gasteiger partial charge in [-0.2, -0.15) is 18.2 Å². The summed E-state index contributed by atoms with van der Waals surface area (Å²) in [6, 6.07) is 9.39. The second kappa shape index (κ2) is 7.34. The molecule has 1 aromatic rings. The van der Waals surface area contributed by atoms with Crippen LogP contribution in [0.2, 0.25) is 0 Å². The Morgan fingerprint density at radius 1 is 1.22 bits per heavy atom. The van der Waals surface area contributed by atoms with Gasteiger partial charge in [-0.25, -0.2) is 0 Å². The SMILES string of the molecule is Oc1[c-]cccc1.[Y].[Y]. The average molecular weight is 271 g/mol. The molecular weight excluding hydrogens is 266 g/mol. The molecule has 2 radical (unpaired) electrons. The molecule has 0 atom stereocenters. The molecule has 0 saturated heterocycles. The van der Waals surface area contributed by atoms with Crippen LogP contribution in [0.4, 0.5) is 0 Å². The summed E-state index contributed by atoms with van der Waals surface area (Å²) in [6.45, 7) is 0. The van der Waals surface area contributed by atoms with Crippen molar-refractivity contribution in [3.05, 3.63) is 30.3 Å². The first-order chi connectivity index (χ1) is 3.39. The van der Waals surface area contributed by atoms with Gasteiger partial charge in [-0.05, 0) is 0 Å². The van der Waals surface area contributed by atoms with Gasteiger partial charge in [-0.3, -0.25) is 0 Å². The maximum Gasteiger partial charge on any atom is 0.00397 e. The van der Waals surface area contributed by atoms with Gasteiger partial charge in [0.1, 0.15) is 0 Å². The van der Waals surface area contributed by atoms with Crippen molar-refractivity contribution in [3.8, 4) is 5.75 Å². The van der Waals surface area contributed by atoms with Crippen molar-refractivity contribution in [3.63, 3.8) is 0 Å². The van der Waals surface area contributed by atoms with Gasteiger partial charge in [0.15, 0.2) is 0 Å². The van der Waals surface area contributed by atoms with E-state index in [2.05, 4.69) is 6.07 Å². The Balaban J connectivity index is 0. The van der Waals surface area contributed by atoms with E-state index in [0.717, 1.165) is 0 Å². The molecule has 3 heteroatoms. The molecule has 0 amide bonds. The molecule has 0 aliphatic carbocycles. The third kappa shape index (κ3) is 5.66. The minimum Gasteiger partial charge on any atom is -0.534 e. The van der Waals surface area contributed by atoms with E-state index >= 15 is 0 Å². The summed E-state index contributed by atoms with van der Waals surface area (Å²) in [4.78, 5) is 0. The van der Waals surface area contributed by atoms with Crippen LogP contribution in [0.25, 0.3) is 0 Å². The van der Waals surface area contributed by atoms with E-state index < -0.39 is 0 Å². The van der Waals surface area contributed by atoms with Crippen LogP contribution in [-0.2, 0) is 65.4 Å². The summed E-state index contributed by atoms with van der Waals surface area (Å²) >= 11 is 0. The molecule has 0 aliphatic heterocycles. The van der Waals surface area contributed by atoms with Crippen molar-refractivity contribution >= 4 is 0 Å². The molecule has 0 aromatic heterocycles. The Bertz CT molecular complexity index is 141. The third-order valence-electron chi connectivity index (χ3n) is 0.693. The summed E-state index contributed by atoms with van der Waals surface area (Å²) in [5.74, 6) is 0.197. The van der Waals surface area contributed by atoms with Gasteiger partial charge in [-0.1, -0.05) is 0 Å². The molecule has 0 bridgehead atoms. The summed E-state index contributed by atoms with van der Waals surface area (Å²) in [5.41, 5.74) is 0. The quantitative estimate of drug-likeness (QED) is 0.703. The number of phenolic OH excluding ortho intramolecular Hbond substituents is 1. The molecule has 0 fully saturated rings. The Hall–Kier alpha value is 1.23. The van der Waals surface area contributed by atoms with Gasteiger partial charge in [0.25, 0.3) is 0 Å². The molecular formula is C6H5OY2-. The van der Waals surface area contributed by atoms with Gasteiger partial charge >= 0.3 is 0 Å². The fourth-order valence-electron chi connectivity index (χ4n) is 0.384. The number of rotatable bonds is 0. The van der Waals surface area contributed by atoms with Crippen molar-refractivity contribution in [2.24, 2.45) is 0 Å². The first kappa shape index (κ1) is 12.9. The van der Waals surface area contributed by atoms with Crippen LogP contribution >= 0.6 is 0 Å². The molecule has 1 rings (SSSR count). The molecule has 0 saturated carbocycles. The first-order valence-corrected chi connectivity index (χ1v) is 2.05. The van der Waals surface area contributed by atoms with Gasteiger partial charge in [0, 0.05) is 71.2 Å². The van der Waals surface area contributed by atoms with Crippen molar-refractivity contribution in [2.45, 2.75) is 0 Å². The Morgan fingerprint density at radius 3 is 2.11 bits per heavy atom. The average Bonchev–Trinajstić information content (AvgIpc) is 1.69. The van der Waals surface area contributed by atoms with Crippen LogP contribution in [0.5, 0.6) is 5.75 Å². The number of para-hydroxylation sites is 1. The molecule has 1 nitrogen and oxygen atoms in total. The van der Waals surface area contributed by atoms with Crippen LogP contribution in [0.15, 0.2) is 24.3 Å².